The molecule has 1 aliphatic heterocycles. The van der Waals surface area contributed by atoms with Crippen LogP contribution in [0.4, 0.5) is 30.7 Å². The highest BCUT2D eigenvalue weighted by molar-refractivity contribution is 5.77. The van der Waals surface area contributed by atoms with Crippen molar-refractivity contribution in [1.29, 1.82) is 0 Å². The van der Waals surface area contributed by atoms with E-state index in [0.29, 0.717) is 0 Å². The van der Waals surface area contributed by atoms with Gasteiger partial charge in [-0.05, 0) is 0 Å². The van der Waals surface area contributed by atoms with Gasteiger partial charge in [0.1, 0.15) is 0 Å². The molecule has 0 aromatic carbocycles. The summed E-state index contributed by atoms with van der Waals surface area (Å²) < 4.78 is 94.0. The van der Waals surface area contributed by atoms with Crippen molar-refractivity contribution < 1.29 is 40.3 Å². The maximum Gasteiger partial charge on any atom is 0.405 e. The maximum absolute atomic E-state index is 13.3. The largest absolute Gasteiger partial charge is 0.405 e. The Morgan fingerprint density at radius 3 is 1.83 bits per heavy atom. The molecule has 1 fully saturated rings. The zero-order valence-electron chi connectivity index (χ0n) is 8.74. The van der Waals surface area contributed by atoms with Crippen molar-refractivity contribution >= 4 is 6.04 Å². The number of hydrogen-bond acceptors (Lipinski definition) is 3. The summed E-state index contributed by atoms with van der Waals surface area (Å²) >= 11 is 0. The predicted molar refractivity (Wildman–Crippen MR) is 43.3 cm³/mol. The van der Waals surface area contributed by atoms with Crippen molar-refractivity contribution in [2.24, 2.45) is 0 Å². The standard InChI is InChI=1S/C8H8F7NO2/c9-5(17)6(10,11)7(12,13)8(14,15)16-1-3-18-4-2-16/h1-4H2. The predicted octanol–water partition coefficient (Wildman–Crippen LogP) is 1.68. The fourth-order valence-corrected chi connectivity index (χ4v) is 1.36. The van der Waals surface area contributed by atoms with Gasteiger partial charge in [-0.2, -0.15) is 30.7 Å². The van der Waals surface area contributed by atoms with Crippen LogP contribution in [0, 0.1) is 0 Å². The average molecular weight is 283 g/mol. The normalized spacial score (nSPS) is 19.9. The second kappa shape index (κ2) is 4.65. The van der Waals surface area contributed by atoms with Gasteiger partial charge in [-0.15, -0.1) is 0 Å². The lowest BCUT2D eigenvalue weighted by Crippen LogP contribution is -2.65. The molecule has 0 atom stereocenters. The lowest BCUT2D eigenvalue weighted by molar-refractivity contribution is -0.351. The van der Waals surface area contributed by atoms with Crippen LogP contribution < -0.4 is 0 Å². The van der Waals surface area contributed by atoms with Crippen molar-refractivity contribution in [3.63, 3.8) is 0 Å². The Balaban J connectivity index is 3.04. The van der Waals surface area contributed by atoms with E-state index >= 15 is 0 Å². The van der Waals surface area contributed by atoms with Crippen LogP contribution in [-0.2, 0) is 9.53 Å². The van der Waals surface area contributed by atoms with Crippen LogP contribution in [0.25, 0.3) is 0 Å². The Kier molecular flexibility index (Phi) is 3.92. The van der Waals surface area contributed by atoms with Gasteiger partial charge in [0.2, 0.25) is 0 Å². The Hall–Kier alpha value is -0.900. The molecule has 0 aromatic rings. The molecule has 18 heavy (non-hydrogen) atoms. The van der Waals surface area contributed by atoms with E-state index in [2.05, 4.69) is 4.74 Å². The van der Waals surface area contributed by atoms with Crippen molar-refractivity contribution in [2.75, 3.05) is 26.3 Å². The highest BCUT2D eigenvalue weighted by Gasteiger charge is 2.77. The molecule has 1 rings (SSSR count). The summed E-state index contributed by atoms with van der Waals surface area (Å²) in [5.74, 6) is -12.2. The molecule has 106 valence electrons. The quantitative estimate of drug-likeness (QED) is 0.446. The third-order valence-corrected chi connectivity index (χ3v) is 2.43. The van der Waals surface area contributed by atoms with Gasteiger partial charge in [-0.1, -0.05) is 0 Å². The monoisotopic (exact) mass is 283 g/mol. The van der Waals surface area contributed by atoms with E-state index in [-0.39, 0.29) is 18.1 Å². The number of rotatable bonds is 4. The van der Waals surface area contributed by atoms with Gasteiger partial charge in [-0.25, -0.2) is 4.90 Å². The first-order chi connectivity index (χ1) is 8.05. The lowest BCUT2D eigenvalue weighted by Gasteiger charge is -2.39. The summed E-state index contributed by atoms with van der Waals surface area (Å²) in [6.07, 6.45) is 0. The molecule has 1 saturated heterocycles. The highest BCUT2D eigenvalue weighted by atomic mass is 19.3. The minimum absolute atomic E-state index is 0.270. The Morgan fingerprint density at radius 2 is 1.44 bits per heavy atom. The van der Waals surface area contributed by atoms with Gasteiger partial charge in [0.25, 0.3) is 0 Å². The minimum atomic E-state index is -6.15. The molecular weight excluding hydrogens is 275 g/mol. The third-order valence-electron chi connectivity index (χ3n) is 2.43. The van der Waals surface area contributed by atoms with Gasteiger partial charge in [0, 0.05) is 13.1 Å². The van der Waals surface area contributed by atoms with E-state index in [9.17, 15) is 35.5 Å². The molecule has 0 amide bonds. The first-order valence-electron chi connectivity index (χ1n) is 4.71. The molecule has 0 aliphatic carbocycles. The molecule has 0 unspecified atom stereocenters. The van der Waals surface area contributed by atoms with Crippen LogP contribution in [0.2, 0.25) is 0 Å². The molecule has 0 spiro atoms. The van der Waals surface area contributed by atoms with Crippen molar-refractivity contribution in [3.8, 4) is 0 Å². The average Bonchev–Trinajstić information content (AvgIpc) is 2.29. The van der Waals surface area contributed by atoms with Gasteiger partial charge in [0.15, 0.2) is 0 Å². The molecule has 10 heteroatoms. The number of ether oxygens (including phenoxy) is 1. The first kappa shape index (κ1) is 15.2. The number of alkyl halides is 6. The summed E-state index contributed by atoms with van der Waals surface area (Å²) in [7, 11) is 0. The summed E-state index contributed by atoms with van der Waals surface area (Å²) in [4.78, 5) is 9.50. The van der Waals surface area contributed by atoms with Gasteiger partial charge in [0.05, 0.1) is 13.2 Å². The number of halogens is 7. The first-order valence-corrected chi connectivity index (χ1v) is 4.71. The van der Waals surface area contributed by atoms with Gasteiger partial charge >= 0.3 is 23.9 Å². The maximum atomic E-state index is 13.3. The molecule has 3 nitrogen and oxygen atoms in total. The SMILES string of the molecule is O=C(F)C(F)(F)C(F)(F)C(F)(F)N1CCOCC1. The third kappa shape index (κ3) is 2.18. The minimum Gasteiger partial charge on any atom is -0.379 e. The van der Waals surface area contributed by atoms with E-state index in [1.807, 2.05) is 0 Å². The number of hydrogen-bond donors (Lipinski definition) is 0. The van der Waals surface area contributed by atoms with Crippen LogP contribution in [0.3, 0.4) is 0 Å². The van der Waals surface area contributed by atoms with E-state index in [1.54, 1.807) is 0 Å². The lowest BCUT2D eigenvalue weighted by atomic mass is 10.1. The highest BCUT2D eigenvalue weighted by Crippen LogP contribution is 2.48. The molecular formula is C8H8F7NO2. The Morgan fingerprint density at radius 1 is 1.00 bits per heavy atom. The smallest absolute Gasteiger partial charge is 0.379 e. The fraction of sp³-hybridized carbons (Fsp3) is 0.875. The molecule has 0 N–H and O–H groups in total. The summed E-state index contributed by atoms with van der Waals surface area (Å²) in [5, 5.41) is 0. The van der Waals surface area contributed by atoms with Crippen molar-refractivity contribution in [3.05, 3.63) is 0 Å². The van der Waals surface area contributed by atoms with Crippen LogP contribution in [0.1, 0.15) is 0 Å². The summed E-state index contributed by atoms with van der Waals surface area (Å²) in [6.45, 7) is -2.19. The zero-order valence-corrected chi connectivity index (χ0v) is 8.74. The number of nitrogens with zero attached hydrogens (tertiary/aromatic N) is 1. The van der Waals surface area contributed by atoms with E-state index in [1.165, 1.54) is 0 Å². The van der Waals surface area contributed by atoms with Gasteiger partial charge < -0.3 is 4.74 Å². The molecule has 0 saturated carbocycles. The van der Waals surface area contributed by atoms with E-state index in [4.69, 9.17) is 0 Å². The van der Waals surface area contributed by atoms with Gasteiger partial charge in [-0.3, -0.25) is 4.79 Å². The second-order valence-electron chi connectivity index (χ2n) is 3.56. The van der Waals surface area contributed by atoms with Crippen LogP contribution in [-0.4, -0.2) is 55.1 Å². The summed E-state index contributed by atoms with van der Waals surface area (Å²) in [6, 6.07) is -9.16. The number of carbonyl (C=O) groups is 1. The molecule has 0 aromatic heterocycles. The molecule has 1 aliphatic rings. The molecule has 0 bridgehead atoms. The van der Waals surface area contributed by atoms with Crippen LogP contribution >= 0.6 is 0 Å². The Bertz CT molecular complexity index is 327. The second-order valence-corrected chi connectivity index (χ2v) is 3.56. The zero-order chi connectivity index (χ0) is 14.2. The molecule has 1 heterocycles. The Labute approximate surface area is 96.5 Å². The fourth-order valence-electron chi connectivity index (χ4n) is 1.36. The van der Waals surface area contributed by atoms with Crippen molar-refractivity contribution in [1.82, 2.24) is 4.90 Å². The number of morpholine rings is 1. The van der Waals surface area contributed by atoms with Crippen LogP contribution in [0.5, 0.6) is 0 Å². The molecule has 0 radical (unpaired) electrons. The van der Waals surface area contributed by atoms with E-state index in [0.717, 1.165) is 0 Å². The summed E-state index contributed by atoms with van der Waals surface area (Å²) in [5.41, 5.74) is 0. The number of carbonyl (C=O) groups excluding carboxylic acids is 1. The van der Waals surface area contributed by atoms with E-state index < -0.39 is 37.0 Å². The topological polar surface area (TPSA) is 29.5 Å². The van der Waals surface area contributed by atoms with Crippen LogP contribution in [0.15, 0.2) is 0 Å². The van der Waals surface area contributed by atoms with Crippen molar-refractivity contribution in [2.45, 2.75) is 17.9 Å².